The number of aliphatic hydroxyl groups excluding tert-OH is 1. The standard InChI is InChI=1S/C14H24N2O3S2/c1-10-8-14(12(3)20-10)11(2)15-21(18,19)16-7-5-4-6-13(16)9-17/h8,11,13,15,17H,4-7,9H2,1-3H3. The van der Waals surface area contributed by atoms with E-state index in [0.717, 1.165) is 29.7 Å². The fourth-order valence-electron chi connectivity index (χ4n) is 2.91. The zero-order chi connectivity index (χ0) is 15.6. The Morgan fingerprint density at radius 1 is 1.48 bits per heavy atom. The first kappa shape index (κ1) is 16.9. The molecule has 2 atom stereocenters. The molecular weight excluding hydrogens is 308 g/mol. The fourth-order valence-corrected chi connectivity index (χ4v) is 5.57. The van der Waals surface area contributed by atoms with Crippen molar-refractivity contribution in [1.29, 1.82) is 0 Å². The van der Waals surface area contributed by atoms with Crippen LogP contribution in [-0.4, -0.2) is 37.0 Å². The molecule has 1 aliphatic rings. The first-order chi connectivity index (χ1) is 9.85. The van der Waals surface area contributed by atoms with Crippen molar-refractivity contribution in [3.8, 4) is 0 Å². The molecule has 1 aromatic heterocycles. The Labute approximate surface area is 131 Å². The van der Waals surface area contributed by atoms with Crippen molar-refractivity contribution in [3.05, 3.63) is 21.4 Å². The van der Waals surface area contributed by atoms with Crippen LogP contribution in [0.1, 0.15) is 47.5 Å². The van der Waals surface area contributed by atoms with Crippen LogP contribution in [0.15, 0.2) is 6.07 Å². The molecule has 0 radical (unpaired) electrons. The van der Waals surface area contributed by atoms with Crippen molar-refractivity contribution in [3.63, 3.8) is 0 Å². The maximum absolute atomic E-state index is 12.6. The molecule has 7 heteroatoms. The third kappa shape index (κ3) is 3.84. The predicted molar refractivity (Wildman–Crippen MR) is 85.7 cm³/mol. The van der Waals surface area contributed by atoms with E-state index in [9.17, 15) is 13.5 Å². The molecule has 2 heterocycles. The number of nitrogens with zero attached hydrogens (tertiary/aromatic N) is 1. The van der Waals surface area contributed by atoms with Gasteiger partial charge in [-0.05, 0) is 45.2 Å². The third-order valence-electron chi connectivity index (χ3n) is 3.96. The lowest BCUT2D eigenvalue weighted by molar-refractivity contribution is 0.153. The lowest BCUT2D eigenvalue weighted by atomic mass is 10.1. The van der Waals surface area contributed by atoms with E-state index in [1.54, 1.807) is 11.3 Å². The highest BCUT2D eigenvalue weighted by molar-refractivity contribution is 7.87. The first-order valence-electron chi connectivity index (χ1n) is 7.32. The number of aliphatic hydroxyl groups is 1. The lowest BCUT2D eigenvalue weighted by Gasteiger charge is -2.34. The van der Waals surface area contributed by atoms with Gasteiger partial charge in [0.25, 0.3) is 10.2 Å². The van der Waals surface area contributed by atoms with Crippen LogP contribution in [0.4, 0.5) is 0 Å². The number of rotatable bonds is 5. The number of hydrogen-bond acceptors (Lipinski definition) is 4. The van der Waals surface area contributed by atoms with E-state index in [0.29, 0.717) is 6.54 Å². The van der Waals surface area contributed by atoms with E-state index in [1.807, 2.05) is 26.8 Å². The number of piperidine rings is 1. The van der Waals surface area contributed by atoms with Crippen molar-refractivity contribution >= 4 is 21.5 Å². The highest BCUT2D eigenvalue weighted by atomic mass is 32.2. The average molecular weight is 332 g/mol. The smallest absolute Gasteiger partial charge is 0.280 e. The summed E-state index contributed by atoms with van der Waals surface area (Å²) in [6.07, 6.45) is 2.54. The Balaban J connectivity index is 2.14. The number of hydrogen-bond donors (Lipinski definition) is 2. The summed E-state index contributed by atoms with van der Waals surface area (Å²) in [5.74, 6) is 0. The van der Waals surface area contributed by atoms with E-state index >= 15 is 0 Å². The van der Waals surface area contributed by atoms with Crippen LogP contribution in [-0.2, 0) is 10.2 Å². The summed E-state index contributed by atoms with van der Waals surface area (Å²) in [7, 11) is -3.57. The van der Waals surface area contributed by atoms with Gasteiger partial charge >= 0.3 is 0 Å². The Morgan fingerprint density at radius 2 is 2.19 bits per heavy atom. The van der Waals surface area contributed by atoms with Crippen LogP contribution in [0.25, 0.3) is 0 Å². The van der Waals surface area contributed by atoms with Gasteiger partial charge < -0.3 is 5.11 Å². The molecule has 1 aromatic rings. The molecule has 21 heavy (non-hydrogen) atoms. The predicted octanol–water partition coefficient (Wildman–Crippen LogP) is 2.11. The second-order valence-electron chi connectivity index (χ2n) is 5.66. The lowest BCUT2D eigenvalue weighted by Crippen LogP contribution is -2.50. The monoisotopic (exact) mass is 332 g/mol. The van der Waals surface area contributed by atoms with E-state index in [4.69, 9.17) is 0 Å². The molecule has 0 spiro atoms. The second kappa shape index (κ2) is 6.75. The third-order valence-corrected chi connectivity index (χ3v) is 6.70. The molecule has 5 nitrogen and oxygen atoms in total. The van der Waals surface area contributed by atoms with E-state index in [-0.39, 0.29) is 18.7 Å². The molecule has 2 unspecified atom stereocenters. The SMILES string of the molecule is Cc1cc(C(C)NS(=O)(=O)N2CCCCC2CO)c(C)s1. The van der Waals surface area contributed by atoms with E-state index in [1.165, 1.54) is 9.18 Å². The quantitative estimate of drug-likeness (QED) is 0.867. The molecule has 0 aliphatic carbocycles. The Morgan fingerprint density at radius 3 is 2.76 bits per heavy atom. The molecular formula is C14H24N2O3S2. The zero-order valence-electron chi connectivity index (χ0n) is 12.8. The van der Waals surface area contributed by atoms with Crippen LogP contribution in [0, 0.1) is 13.8 Å². The van der Waals surface area contributed by atoms with Crippen molar-refractivity contribution in [2.75, 3.05) is 13.2 Å². The summed E-state index contributed by atoms with van der Waals surface area (Å²) in [4.78, 5) is 2.32. The molecule has 0 aromatic carbocycles. The summed E-state index contributed by atoms with van der Waals surface area (Å²) in [6, 6.07) is 1.47. The van der Waals surface area contributed by atoms with Crippen LogP contribution in [0.5, 0.6) is 0 Å². The first-order valence-corrected chi connectivity index (χ1v) is 9.57. The van der Waals surface area contributed by atoms with Crippen molar-refractivity contribution in [2.45, 2.75) is 52.1 Å². The highest BCUT2D eigenvalue weighted by Gasteiger charge is 2.33. The Kier molecular flexibility index (Phi) is 5.43. The summed E-state index contributed by atoms with van der Waals surface area (Å²) in [5.41, 5.74) is 1.03. The summed E-state index contributed by atoms with van der Waals surface area (Å²) in [5, 5.41) is 9.39. The normalized spacial score (nSPS) is 22.4. The van der Waals surface area contributed by atoms with E-state index in [2.05, 4.69) is 4.72 Å². The van der Waals surface area contributed by atoms with Gasteiger partial charge in [-0.25, -0.2) is 0 Å². The molecule has 120 valence electrons. The largest absolute Gasteiger partial charge is 0.395 e. The van der Waals surface area contributed by atoms with Gasteiger partial charge in [0.15, 0.2) is 0 Å². The minimum atomic E-state index is -3.57. The van der Waals surface area contributed by atoms with E-state index < -0.39 is 10.2 Å². The summed E-state index contributed by atoms with van der Waals surface area (Å²) >= 11 is 1.68. The number of aryl methyl sites for hydroxylation is 2. The van der Waals surface area contributed by atoms with Crippen LogP contribution >= 0.6 is 11.3 Å². The van der Waals surface area contributed by atoms with Gasteiger partial charge in [0.2, 0.25) is 0 Å². The maximum Gasteiger partial charge on any atom is 0.280 e. The molecule has 0 saturated carbocycles. The molecule has 1 fully saturated rings. The number of thiophene rings is 1. The molecule has 1 aliphatic heterocycles. The highest BCUT2D eigenvalue weighted by Crippen LogP contribution is 2.28. The molecule has 2 rings (SSSR count). The van der Waals surface area contributed by atoms with Crippen molar-refractivity contribution in [2.24, 2.45) is 0 Å². The Bertz CT molecular complexity index is 583. The van der Waals surface area contributed by atoms with Gasteiger partial charge in [-0.15, -0.1) is 11.3 Å². The second-order valence-corrected chi connectivity index (χ2v) is 8.77. The van der Waals surface area contributed by atoms with Gasteiger partial charge in [0.05, 0.1) is 6.61 Å². The summed E-state index contributed by atoms with van der Waals surface area (Å²) in [6.45, 7) is 6.26. The average Bonchev–Trinajstić information content (AvgIpc) is 2.77. The number of nitrogens with one attached hydrogen (secondary N) is 1. The summed E-state index contributed by atoms with van der Waals surface area (Å²) < 4.78 is 29.3. The van der Waals surface area contributed by atoms with Gasteiger partial charge in [-0.1, -0.05) is 6.42 Å². The van der Waals surface area contributed by atoms with Crippen molar-refractivity contribution < 1.29 is 13.5 Å². The zero-order valence-corrected chi connectivity index (χ0v) is 14.4. The van der Waals surface area contributed by atoms with Crippen LogP contribution in [0.3, 0.4) is 0 Å². The molecule has 0 amide bonds. The molecule has 2 N–H and O–H groups in total. The Hall–Kier alpha value is -0.470. The molecule has 0 bridgehead atoms. The van der Waals surface area contributed by atoms with Gasteiger partial charge in [-0.2, -0.15) is 17.4 Å². The van der Waals surface area contributed by atoms with Crippen LogP contribution < -0.4 is 4.72 Å². The van der Waals surface area contributed by atoms with Crippen molar-refractivity contribution in [1.82, 2.24) is 9.03 Å². The van der Waals surface area contributed by atoms with Gasteiger partial charge in [0, 0.05) is 28.4 Å². The van der Waals surface area contributed by atoms with Crippen LogP contribution in [0.2, 0.25) is 0 Å². The topological polar surface area (TPSA) is 69.6 Å². The minimum Gasteiger partial charge on any atom is -0.395 e. The molecule has 1 saturated heterocycles. The minimum absolute atomic E-state index is 0.119. The fraction of sp³-hybridized carbons (Fsp3) is 0.714. The van der Waals surface area contributed by atoms with Gasteiger partial charge in [-0.3, -0.25) is 0 Å². The van der Waals surface area contributed by atoms with Gasteiger partial charge in [0.1, 0.15) is 0 Å². The maximum atomic E-state index is 12.6.